The standard InChI is InChI=1S/C21H21N3/c1-12-16(22)9-7-14-15-8-10-17(23)13(2)20(15)21(19(12)14)18-6-4-5-11-24(18)3/h4-11H,22-23H2,1-3H3. The predicted molar refractivity (Wildman–Crippen MR) is 102 cm³/mol. The fourth-order valence-electron chi connectivity index (χ4n) is 3.71. The van der Waals surface area contributed by atoms with Gasteiger partial charge in [0, 0.05) is 35.9 Å². The molecule has 0 spiro atoms. The molecule has 4 rings (SSSR count). The summed E-state index contributed by atoms with van der Waals surface area (Å²) in [4.78, 5) is 2.15. The summed E-state index contributed by atoms with van der Waals surface area (Å²) in [5, 5.41) is 0. The third-order valence-corrected chi connectivity index (χ3v) is 5.11. The van der Waals surface area contributed by atoms with Crippen LogP contribution in [0.15, 0.2) is 54.4 Å². The number of benzene rings is 2. The summed E-state index contributed by atoms with van der Waals surface area (Å²) in [6.45, 7) is 4.20. The first-order valence-corrected chi connectivity index (χ1v) is 8.12. The Morgan fingerprint density at radius 3 is 1.83 bits per heavy atom. The number of hydrogen-bond donors (Lipinski definition) is 2. The summed E-state index contributed by atoms with van der Waals surface area (Å²) >= 11 is 0. The van der Waals surface area contributed by atoms with Crippen LogP contribution in [0, 0.1) is 13.8 Å². The van der Waals surface area contributed by atoms with E-state index in [9.17, 15) is 0 Å². The molecule has 0 radical (unpaired) electrons. The second kappa shape index (κ2) is 5.03. The van der Waals surface area contributed by atoms with E-state index in [1.807, 2.05) is 18.2 Å². The molecule has 0 aromatic heterocycles. The van der Waals surface area contributed by atoms with Crippen molar-refractivity contribution in [2.24, 2.45) is 0 Å². The van der Waals surface area contributed by atoms with Crippen LogP contribution in [-0.4, -0.2) is 11.9 Å². The van der Waals surface area contributed by atoms with Crippen LogP contribution in [0.2, 0.25) is 0 Å². The van der Waals surface area contributed by atoms with Gasteiger partial charge >= 0.3 is 0 Å². The minimum absolute atomic E-state index is 0.822. The number of fused-ring (bicyclic) bond motifs is 3. The Morgan fingerprint density at radius 2 is 1.33 bits per heavy atom. The van der Waals surface area contributed by atoms with Gasteiger partial charge in [-0.05, 0) is 71.5 Å². The van der Waals surface area contributed by atoms with Crippen LogP contribution in [-0.2, 0) is 0 Å². The average molecular weight is 315 g/mol. The lowest BCUT2D eigenvalue weighted by Gasteiger charge is -2.23. The molecule has 3 heteroatoms. The molecule has 0 amide bonds. The second-order valence-corrected chi connectivity index (χ2v) is 6.48. The zero-order valence-corrected chi connectivity index (χ0v) is 14.2. The van der Waals surface area contributed by atoms with Crippen molar-refractivity contribution in [1.82, 2.24) is 4.90 Å². The molecule has 1 aliphatic heterocycles. The third kappa shape index (κ3) is 1.84. The fraction of sp³-hybridized carbons (Fsp3) is 0.143. The molecule has 0 bridgehead atoms. The molecule has 2 aromatic rings. The fourth-order valence-corrected chi connectivity index (χ4v) is 3.71. The Hall–Kier alpha value is -2.94. The highest BCUT2D eigenvalue weighted by Gasteiger charge is 2.30. The quantitative estimate of drug-likeness (QED) is 0.611. The number of allylic oxidation sites excluding steroid dienone is 3. The molecule has 0 saturated heterocycles. The van der Waals surface area contributed by atoms with Gasteiger partial charge in [-0.1, -0.05) is 18.2 Å². The van der Waals surface area contributed by atoms with Crippen molar-refractivity contribution >= 4 is 16.9 Å². The second-order valence-electron chi connectivity index (χ2n) is 6.48. The van der Waals surface area contributed by atoms with Crippen LogP contribution in [0.4, 0.5) is 11.4 Å². The van der Waals surface area contributed by atoms with Crippen LogP contribution < -0.4 is 11.5 Å². The maximum atomic E-state index is 6.23. The van der Waals surface area contributed by atoms with Gasteiger partial charge in [-0.2, -0.15) is 0 Å². The van der Waals surface area contributed by atoms with Gasteiger partial charge in [-0.25, -0.2) is 0 Å². The molecule has 4 N–H and O–H groups in total. The number of nitrogens with two attached hydrogens (primary N) is 2. The van der Waals surface area contributed by atoms with E-state index >= 15 is 0 Å². The van der Waals surface area contributed by atoms with Gasteiger partial charge in [0.05, 0.1) is 0 Å². The van der Waals surface area contributed by atoms with E-state index in [0.29, 0.717) is 0 Å². The summed E-state index contributed by atoms with van der Waals surface area (Å²) in [5.41, 5.74) is 23.7. The zero-order valence-electron chi connectivity index (χ0n) is 14.2. The summed E-state index contributed by atoms with van der Waals surface area (Å²) in [5.74, 6) is 0. The van der Waals surface area contributed by atoms with Gasteiger partial charge in [0.25, 0.3) is 0 Å². The molecule has 24 heavy (non-hydrogen) atoms. The van der Waals surface area contributed by atoms with Crippen LogP contribution in [0.1, 0.15) is 22.3 Å². The van der Waals surface area contributed by atoms with Crippen LogP contribution in [0.25, 0.3) is 16.7 Å². The highest BCUT2D eigenvalue weighted by molar-refractivity contribution is 6.06. The number of likely N-dealkylation sites (N-methyl/N-ethyl adjacent to an activating group) is 1. The van der Waals surface area contributed by atoms with E-state index in [1.54, 1.807) is 0 Å². The Labute approximate surface area is 142 Å². The van der Waals surface area contributed by atoms with E-state index in [-0.39, 0.29) is 0 Å². The normalized spacial score (nSPS) is 15.0. The Kier molecular flexibility index (Phi) is 3.07. The van der Waals surface area contributed by atoms with Gasteiger partial charge < -0.3 is 16.4 Å². The van der Waals surface area contributed by atoms with Gasteiger partial charge in [0.15, 0.2) is 0 Å². The molecule has 2 aromatic carbocycles. The van der Waals surface area contributed by atoms with E-state index in [2.05, 4.69) is 56.3 Å². The maximum absolute atomic E-state index is 6.23. The molecule has 1 aliphatic carbocycles. The SMILES string of the molecule is Cc1c(N)ccc2c1C(=C1C=CC=CN1C)c1c-2ccc(N)c1C. The van der Waals surface area contributed by atoms with E-state index in [4.69, 9.17) is 11.5 Å². The molecular formula is C21H21N3. The first kappa shape index (κ1) is 14.6. The van der Waals surface area contributed by atoms with Crippen molar-refractivity contribution in [1.29, 1.82) is 0 Å². The molecule has 0 unspecified atom stereocenters. The number of nitrogen functional groups attached to an aromatic ring is 2. The van der Waals surface area contributed by atoms with Crippen molar-refractivity contribution in [2.45, 2.75) is 13.8 Å². The zero-order chi connectivity index (χ0) is 17.0. The first-order chi connectivity index (χ1) is 11.5. The molecule has 1 heterocycles. The number of nitrogens with zero attached hydrogens (tertiary/aromatic N) is 1. The molecular weight excluding hydrogens is 294 g/mol. The minimum Gasteiger partial charge on any atom is -0.398 e. The predicted octanol–water partition coefficient (Wildman–Crippen LogP) is 4.22. The molecule has 2 aliphatic rings. The van der Waals surface area contributed by atoms with Crippen LogP contribution in [0.5, 0.6) is 0 Å². The summed E-state index contributed by atoms with van der Waals surface area (Å²) in [6.07, 6.45) is 8.34. The average Bonchev–Trinajstić information content (AvgIpc) is 2.90. The monoisotopic (exact) mass is 315 g/mol. The molecule has 3 nitrogen and oxygen atoms in total. The topological polar surface area (TPSA) is 55.3 Å². The lowest BCUT2D eigenvalue weighted by Crippen LogP contribution is -2.13. The first-order valence-electron chi connectivity index (χ1n) is 8.12. The number of rotatable bonds is 0. The van der Waals surface area contributed by atoms with E-state index in [0.717, 1.165) is 22.5 Å². The van der Waals surface area contributed by atoms with Crippen molar-refractivity contribution in [2.75, 3.05) is 18.5 Å². The van der Waals surface area contributed by atoms with E-state index < -0.39 is 0 Å². The summed E-state index contributed by atoms with van der Waals surface area (Å²) in [6, 6.07) is 8.25. The van der Waals surface area contributed by atoms with Crippen LogP contribution in [0.3, 0.4) is 0 Å². The Bertz CT molecular complexity index is 902. The van der Waals surface area contributed by atoms with Crippen molar-refractivity contribution in [3.05, 3.63) is 76.6 Å². The third-order valence-electron chi connectivity index (χ3n) is 5.11. The van der Waals surface area contributed by atoms with Crippen molar-refractivity contribution < 1.29 is 0 Å². The van der Waals surface area contributed by atoms with Crippen molar-refractivity contribution in [3.8, 4) is 11.1 Å². The van der Waals surface area contributed by atoms with Crippen molar-refractivity contribution in [3.63, 3.8) is 0 Å². The van der Waals surface area contributed by atoms with Gasteiger partial charge in [-0.15, -0.1) is 0 Å². The lowest BCUT2D eigenvalue weighted by atomic mass is 9.93. The number of hydrogen-bond acceptors (Lipinski definition) is 3. The maximum Gasteiger partial charge on any atom is 0.0489 e. The smallest absolute Gasteiger partial charge is 0.0489 e. The molecule has 0 atom stereocenters. The molecule has 0 fully saturated rings. The minimum atomic E-state index is 0.822. The molecule has 120 valence electrons. The van der Waals surface area contributed by atoms with Gasteiger partial charge in [-0.3, -0.25) is 0 Å². The highest BCUT2D eigenvalue weighted by Crippen LogP contribution is 2.51. The molecule has 0 saturated carbocycles. The Morgan fingerprint density at radius 1 is 0.792 bits per heavy atom. The largest absolute Gasteiger partial charge is 0.398 e. The van der Waals surface area contributed by atoms with Gasteiger partial charge in [0.2, 0.25) is 0 Å². The highest BCUT2D eigenvalue weighted by atomic mass is 15.1. The Balaban J connectivity index is 2.18. The number of anilines is 2. The summed E-state index contributed by atoms with van der Waals surface area (Å²) in [7, 11) is 2.07. The summed E-state index contributed by atoms with van der Waals surface area (Å²) < 4.78 is 0. The van der Waals surface area contributed by atoms with Crippen LogP contribution >= 0.6 is 0 Å². The van der Waals surface area contributed by atoms with Gasteiger partial charge in [0.1, 0.15) is 0 Å². The lowest BCUT2D eigenvalue weighted by molar-refractivity contribution is 0.586. The van der Waals surface area contributed by atoms with E-state index in [1.165, 1.54) is 33.5 Å².